The molecule has 1 fully saturated rings. The molecule has 1 aromatic carbocycles. The Hall–Kier alpha value is -1.59. The fourth-order valence-corrected chi connectivity index (χ4v) is 2.90. The molecule has 0 spiro atoms. The first-order valence-corrected chi connectivity index (χ1v) is 8.94. The number of alkyl halides is 3. The Balaban J connectivity index is 0.00000392. The van der Waals surface area contributed by atoms with Gasteiger partial charge in [-0.05, 0) is 13.3 Å². The van der Waals surface area contributed by atoms with Crippen LogP contribution in [-0.2, 0) is 0 Å². The third-order valence-electron chi connectivity index (χ3n) is 4.24. The summed E-state index contributed by atoms with van der Waals surface area (Å²) in [6.45, 7) is 3.70. The molecular formula is C18H28F3IN4O2. The van der Waals surface area contributed by atoms with Gasteiger partial charge >= 0.3 is 6.18 Å². The number of hydrogen-bond donors (Lipinski definition) is 2. The van der Waals surface area contributed by atoms with Crippen LogP contribution in [0.5, 0.6) is 11.5 Å². The van der Waals surface area contributed by atoms with E-state index in [9.17, 15) is 13.2 Å². The molecule has 1 unspecified atom stereocenters. The zero-order valence-corrected chi connectivity index (χ0v) is 18.6. The molecule has 0 saturated carbocycles. The maximum atomic E-state index is 12.3. The minimum atomic E-state index is -4.20. The van der Waals surface area contributed by atoms with E-state index in [4.69, 9.17) is 9.47 Å². The van der Waals surface area contributed by atoms with E-state index in [-0.39, 0.29) is 36.6 Å². The van der Waals surface area contributed by atoms with Gasteiger partial charge in [0.05, 0.1) is 27.2 Å². The monoisotopic (exact) mass is 516 g/mol. The van der Waals surface area contributed by atoms with Crippen LogP contribution < -0.4 is 25.0 Å². The van der Waals surface area contributed by atoms with Gasteiger partial charge in [-0.1, -0.05) is 0 Å². The van der Waals surface area contributed by atoms with Crippen molar-refractivity contribution in [3.8, 4) is 11.5 Å². The zero-order valence-electron chi connectivity index (χ0n) is 16.3. The van der Waals surface area contributed by atoms with Crippen molar-refractivity contribution in [3.63, 3.8) is 0 Å². The molecule has 10 heteroatoms. The first kappa shape index (κ1) is 24.4. The van der Waals surface area contributed by atoms with E-state index < -0.39 is 12.6 Å². The third kappa shape index (κ3) is 7.80. The Morgan fingerprint density at radius 2 is 1.86 bits per heavy atom. The van der Waals surface area contributed by atoms with Crippen LogP contribution in [0.25, 0.3) is 0 Å². The maximum Gasteiger partial charge on any atom is 0.390 e. The number of methoxy groups -OCH3 is 2. The summed E-state index contributed by atoms with van der Waals surface area (Å²) < 4.78 is 47.6. The average molecular weight is 516 g/mol. The second-order valence-electron chi connectivity index (χ2n) is 6.27. The molecule has 0 amide bonds. The van der Waals surface area contributed by atoms with Gasteiger partial charge in [-0.25, -0.2) is 0 Å². The lowest BCUT2D eigenvalue weighted by atomic mass is 10.2. The maximum absolute atomic E-state index is 12.3. The van der Waals surface area contributed by atoms with Crippen molar-refractivity contribution in [3.05, 3.63) is 18.2 Å². The smallest absolute Gasteiger partial charge is 0.390 e. The van der Waals surface area contributed by atoms with Crippen molar-refractivity contribution in [2.24, 2.45) is 4.99 Å². The second kappa shape index (κ2) is 11.4. The Morgan fingerprint density at radius 1 is 1.21 bits per heavy atom. The highest BCUT2D eigenvalue weighted by Gasteiger charge is 2.27. The molecule has 0 bridgehead atoms. The standard InChI is InChI=1S/C18H27F3N4O2.HI/c1-4-22-17(23-7-6-18(19,20)21)24-13-5-8-25(12-13)14-9-15(26-2)11-16(10-14)27-3;/h9-11,13H,4-8,12H2,1-3H3,(H2,22,23,24);1H. The first-order valence-electron chi connectivity index (χ1n) is 8.94. The number of rotatable bonds is 7. The SMILES string of the molecule is CCNC(=NCCC(F)(F)F)NC1CCN(c2cc(OC)cc(OC)c2)C1.I. The van der Waals surface area contributed by atoms with Gasteiger partial charge in [-0.3, -0.25) is 4.99 Å². The lowest BCUT2D eigenvalue weighted by Crippen LogP contribution is -2.44. The van der Waals surface area contributed by atoms with Crippen LogP contribution >= 0.6 is 24.0 Å². The summed E-state index contributed by atoms with van der Waals surface area (Å²) in [4.78, 5) is 6.21. The Morgan fingerprint density at radius 3 is 2.39 bits per heavy atom. The average Bonchev–Trinajstić information content (AvgIpc) is 3.09. The van der Waals surface area contributed by atoms with Gasteiger partial charge in [0.1, 0.15) is 11.5 Å². The third-order valence-corrected chi connectivity index (χ3v) is 4.24. The number of guanidine groups is 1. The second-order valence-corrected chi connectivity index (χ2v) is 6.27. The highest BCUT2D eigenvalue weighted by Crippen LogP contribution is 2.30. The van der Waals surface area contributed by atoms with E-state index in [1.807, 2.05) is 25.1 Å². The van der Waals surface area contributed by atoms with E-state index in [0.29, 0.717) is 30.5 Å². The van der Waals surface area contributed by atoms with Crippen molar-refractivity contribution >= 4 is 35.6 Å². The summed E-state index contributed by atoms with van der Waals surface area (Å²) in [6, 6.07) is 5.78. The summed E-state index contributed by atoms with van der Waals surface area (Å²) in [5.74, 6) is 1.84. The molecule has 1 atom stereocenters. The number of nitrogens with one attached hydrogen (secondary N) is 2. The molecule has 2 N–H and O–H groups in total. The molecule has 1 saturated heterocycles. The van der Waals surface area contributed by atoms with Crippen LogP contribution in [0.3, 0.4) is 0 Å². The summed E-state index contributed by atoms with van der Waals surface area (Å²) in [7, 11) is 3.21. The number of benzene rings is 1. The summed E-state index contributed by atoms with van der Waals surface area (Å²) in [5, 5.41) is 6.23. The Bertz CT molecular complexity index is 621. The topological polar surface area (TPSA) is 58.1 Å². The van der Waals surface area contributed by atoms with E-state index in [1.54, 1.807) is 14.2 Å². The van der Waals surface area contributed by atoms with Crippen LogP contribution in [-0.4, -0.2) is 58.6 Å². The number of anilines is 1. The van der Waals surface area contributed by atoms with E-state index in [2.05, 4.69) is 20.5 Å². The highest BCUT2D eigenvalue weighted by molar-refractivity contribution is 14.0. The van der Waals surface area contributed by atoms with Crippen LogP contribution in [0.1, 0.15) is 19.8 Å². The van der Waals surface area contributed by atoms with Crippen LogP contribution in [0.4, 0.5) is 18.9 Å². The van der Waals surface area contributed by atoms with Crippen molar-refractivity contribution in [2.75, 3.05) is 45.3 Å². The fraction of sp³-hybridized carbons (Fsp3) is 0.611. The molecule has 1 aromatic rings. The summed E-state index contributed by atoms with van der Waals surface area (Å²) >= 11 is 0. The lowest BCUT2D eigenvalue weighted by Gasteiger charge is -2.21. The van der Waals surface area contributed by atoms with Gasteiger partial charge in [-0.2, -0.15) is 13.2 Å². The molecule has 6 nitrogen and oxygen atoms in total. The Labute approximate surface area is 180 Å². The van der Waals surface area contributed by atoms with Gasteiger partial charge in [0.2, 0.25) is 0 Å². The molecule has 1 heterocycles. The van der Waals surface area contributed by atoms with Gasteiger partial charge in [0.15, 0.2) is 5.96 Å². The molecular weight excluding hydrogens is 488 g/mol. The minimum Gasteiger partial charge on any atom is -0.497 e. The first-order chi connectivity index (χ1) is 12.8. The number of aliphatic imine (C=N–C) groups is 1. The number of hydrogen-bond acceptors (Lipinski definition) is 4. The molecule has 1 aliphatic heterocycles. The fourth-order valence-electron chi connectivity index (χ4n) is 2.90. The van der Waals surface area contributed by atoms with E-state index in [0.717, 1.165) is 18.7 Å². The molecule has 2 rings (SSSR count). The van der Waals surface area contributed by atoms with Crippen molar-refractivity contribution in [2.45, 2.75) is 32.0 Å². The highest BCUT2D eigenvalue weighted by atomic mass is 127. The summed E-state index contributed by atoms with van der Waals surface area (Å²) in [6.07, 6.45) is -4.27. The molecule has 160 valence electrons. The predicted molar refractivity (Wildman–Crippen MR) is 115 cm³/mol. The molecule has 28 heavy (non-hydrogen) atoms. The van der Waals surface area contributed by atoms with Gasteiger partial charge in [-0.15, -0.1) is 24.0 Å². The quantitative estimate of drug-likeness (QED) is 0.331. The lowest BCUT2D eigenvalue weighted by molar-refractivity contribution is -0.132. The molecule has 1 aliphatic rings. The molecule has 0 aromatic heterocycles. The van der Waals surface area contributed by atoms with Crippen LogP contribution in [0, 0.1) is 0 Å². The molecule has 0 aliphatic carbocycles. The van der Waals surface area contributed by atoms with Gasteiger partial charge in [0.25, 0.3) is 0 Å². The van der Waals surface area contributed by atoms with E-state index in [1.165, 1.54) is 0 Å². The normalized spacial score (nSPS) is 17.1. The van der Waals surface area contributed by atoms with Crippen molar-refractivity contribution in [1.82, 2.24) is 10.6 Å². The largest absolute Gasteiger partial charge is 0.497 e. The Kier molecular flexibility index (Phi) is 9.97. The van der Waals surface area contributed by atoms with E-state index >= 15 is 0 Å². The van der Waals surface area contributed by atoms with Crippen LogP contribution in [0.15, 0.2) is 23.2 Å². The van der Waals surface area contributed by atoms with Crippen molar-refractivity contribution < 1.29 is 22.6 Å². The number of ether oxygens (including phenoxy) is 2. The van der Waals surface area contributed by atoms with Gasteiger partial charge in [0, 0.05) is 49.6 Å². The molecule has 0 radical (unpaired) electrons. The van der Waals surface area contributed by atoms with Gasteiger partial charge < -0.3 is 25.0 Å². The number of nitrogens with zero attached hydrogens (tertiary/aromatic N) is 2. The predicted octanol–water partition coefficient (Wildman–Crippen LogP) is 3.41. The minimum absolute atomic E-state index is 0. The summed E-state index contributed by atoms with van der Waals surface area (Å²) in [5.41, 5.74) is 0.981. The van der Waals surface area contributed by atoms with Crippen LogP contribution in [0.2, 0.25) is 0 Å². The zero-order chi connectivity index (χ0) is 19.9. The number of halogens is 4. The van der Waals surface area contributed by atoms with Crippen molar-refractivity contribution in [1.29, 1.82) is 0 Å².